The van der Waals surface area contributed by atoms with E-state index in [1.54, 1.807) is 33.3 Å². The Labute approximate surface area is 166 Å². The molecule has 0 atom stereocenters. The maximum absolute atomic E-state index is 13.1. The fourth-order valence-electron chi connectivity index (χ4n) is 3.38. The van der Waals surface area contributed by atoms with Crippen LogP contribution in [0.2, 0.25) is 0 Å². The number of ether oxygens (including phenoxy) is 3. The van der Waals surface area contributed by atoms with Crippen molar-refractivity contribution < 1.29 is 23.8 Å². The molecule has 0 N–H and O–H groups in total. The van der Waals surface area contributed by atoms with E-state index in [0.29, 0.717) is 49.7 Å². The second-order valence-corrected chi connectivity index (χ2v) is 6.59. The van der Waals surface area contributed by atoms with Crippen LogP contribution in [0.25, 0.3) is 0 Å². The highest BCUT2D eigenvalue weighted by atomic mass is 16.5. The molecule has 0 radical (unpaired) electrons. The summed E-state index contributed by atoms with van der Waals surface area (Å²) in [6.45, 7) is 8.81. The molecule has 1 aromatic rings. The van der Waals surface area contributed by atoms with Crippen molar-refractivity contribution in [1.82, 2.24) is 9.80 Å². The fourth-order valence-corrected chi connectivity index (χ4v) is 3.38. The van der Waals surface area contributed by atoms with Gasteiger partial charge in [-0.05, 0) is 31.9 Å². The van der Waals surface area contributed by atoms with Gasteiger partial charge in [0.2, 0.25) is 0 Å². The highest BCUT2D eigenvalue weighted by Gasteiger charge is 2.23. The zero-order chi connectivity index (χ0) is 20.5. The Balaban J connectivity index is 2.13. The topological polar surface area (TPSA) is 68.3 Å². The van der Waals surface area contributed by atoms with Gasteiger partial charge in [-0.1, -0.05) is 6.08 Å². The second-order valence-electron chi connectivity index (χ2n) is 6.59. The van der Waals surface area contributed by atoms with Gasteiger partial charge < -0.3 is 19.1 Å². The van der Waals surface area contributed by atoms with Gasteiger partial charge in [-0.15, -0.1) is 6.58 Å². The lowest BCUT2D eigenvalue weighted by atomic mass is 10.0. The van der Waals surface area contributed by atoms with Gasteiger partial charge in [0.05, 0.1) is 27.4 Å². The summed E-state index contributed by atoms with van der Waals surface area (Å²) < 4.78 is 15.9. The Bertz CT molecular complexity index is 704. The van der Waals surface area contributed by atoms with E-state index >= 15 is 0 Å². The summed E-state index contributed by atoms with van der Waals surface area (Å²) in [6.07, 6.45) is 3.15. The lowest BCUT2D eigenvalue weighted by Gasteiger charge is -2.22. The predicted octanol–water partition coefficient (Wildman–Crippen LogP) is 2.14. The van der Waals surface area contributed by atoms with Crippen LogP contribution < -0.4 is 9.47 Å². The summed E-state index contributed by atoms with van der Waals surface area (Å²) in [4.78, 5) is 28.7. The second kappa shape index (κ2) is 10.7. The van der Waals surface area contributed by atoms with Crippen LogP contribution in [-0.2, 0) is 16.0 Å². The predicted molar refractivity (Wildman–Crippen MR) is 107 cm³/mol. The van der Waals surface area contributed by atoms with Crippen LogP contribution in [0.4, 0.5) is 0 Å². The highest BCUT2D eigenvalue weighted by molar-refractivity contribution is 5.95. The Kier molecular flexibility index (Phi) is 8.32. The van der Waals surface area contributed by atoms with Crippen LogP contribution in [0.15, 0.2) is 24.8 Å². The first-order chi connectivity index (χ1) is 13.5. The first-order valence-electron chi connectivity index (χ1n) is 9.57. The highest BCUT2D eigenvalue weighted by Crippen LogP contribution is 2.33. The van der Waals surface area contributed by atoms with Crippen LogP contribution >= 0.6 is 0 Å². The van der Waals surface area contributed by atoms with E-state index in [1.807, 2.05) is 15.9 Å². The van der Waals surface area contributed by atoms with Crippen molar-refractivity contribution in [2.75, 3.05) is 53.6 Å². The molecule has 0 unspecified atom stereocenters. The molecule has 7 nitrogen and oxygen atoms in total. The number of benzene rings is 1. The van der Waals surface area contributed by atoms with Gasteiger partial charge in [0.15, 0.2) is 11.5 Å². The Morgan fingerprint density at radius 2 is 1.93 bits per heavy atom. The van der Waals surface area contributed by atoms with Gasteiger partial charge in [0.1, 0.15) is 0 Å². The van der Waals surface area contributed by atoms with Crippen LogP contribution in [0.1, 0.15) is 29.3 Å². The maximum atomic E-state index is 13.1. The third-order valence-electron chi connectivity index (χ3n) is 4.70. The third-order valence-corrected chi connectivity index (χ3v) is 4.70. The van der Waals surface area contributed by atoms with Crippen LogP contribution in [0.5, 0.6) is 11.5 Å². The summed E-state index contributed by atoms with van der Waals surface area (Å²) in [6, 6.07) is 3.56. The Morgan fingerprint density at radius 3 is 2.57 bits per heavy atom. The molecule has 7 heteroatoms. The lowest BCUT2D eigenvalue weighted by molar-refractivity contribution is -0.144. The standard InChI is InChI=1S/C21H30N2O5/c1-5-8-16-13-17(14-18(26-3)20(16)27-4)21(25)23-10-7-9-22(11-12-23)15-19(24)28-6-2/h5,13-14H,1,6-12,15H2,2-4H3. The number of allylic oxidation sites excluding steroid dienone is 1. The molecule has 1 saturated heterocycles. The summed E-state index contributed by atoms with van der Waals surface area (Å²) in [5.74, 6) is 0.875. The van der Waals surface area contributed by atoms with Gasteiger partial charge in [0.25, 0.3) is 5.91 Å². The number of hydrogen-bond donors (Lipinski definition) is 0. The van der Waals surface area contributed by atoms with Gasteiger partial charge in [-0.3, -0.25) is 14.5 Å². The SMILES string of the molecule is C=CCc1cc(C(=O)N2CCCN(CC(=O)OCC)CC2)cc(OC)c1OC. The fraction of sp³-hybridized carbons (Fsp3) is 0.524. The number of hydrogen-bond acceptors (Lipinski definition) is 6. The van der Waals surface area contributed by atoms with E-state index in [2.05, 4.69) is 6.58 Å². The molecule has 1 heterocycles. The van der Waals surface area contributed by atoms with Crippen LogP contribution in [0, 0.1) is 0 Å². The van der Waals surface area contributed by atoms with E-state index < -0.39 is 0 Å². The molecule has 0 aliphatic carbocycles. The van der Waals surface area contributed by atoms with E-state index in [9.17, 15) is 9.59 Å². The molecule has 1 aliphatic rings. The summed E-state index contributed by atoms with van der Waals surface area (Å²) >= 11 is 0. The molecule has 0 aromatic heterocycles. The van der Waals surface area contributed by atoms with E-state index in [4.69, 9.17) is 14.2 Å². The van der Waals surface area contributed by atoms with Gasteiger partial charge in [-0.2, -0.15) is 0 Å². The van der Waals surface area contributed by atoms with Gasteiger partial charge in [0, 0.05) is 37.3 Å². The van der Waals surface area contributed by atoms with Crippen molar-refractivity contribution in [1.29, 1.82) is 0 Å². The molecule has 1 fully saturated rings. The quantitative estimate of drug-likeness (QED) is 0.500. The van der Waals surface area contributed by atoms with E-state index in [1.165, 1.54) is 0 Å². The molecule has 1 aliphatic heterocycles. The van der Waals surface area contributed by atoms with Crippen molar-refractivity contribution in [3.8, 4) is 11.5 Å². The monoisotopic (exact) mass is 390 g/mol. The van der Waals surface area contributed by atoms with Gasteiger partial charge >= 0.3 is 5.97 Å². The molecule has 0 bridgehead atoms. The van der Waals surface area contributed by atoms with Gasteiger partial charge in [-0.25, -0.2) is 0 Å². The molecule has 1 amide bonds. The minimum absolute atomic E-state index is 0.0516. The number of nitrogens with zero attached hydrogens (tertiary/aromatic N) is 2. The number of rotatable bonds is 8. The minimum Gasteiger partial charge on any atom is -0.493 e. The smallest absolute Gasteiger partial charge is 0.320 e. The van der Waals surface area contributed by atoms with Crippen molar-refractivity contribution in [2.45, 2.75) is 19.8 Å². The summed E-state index contributed by atoms with van der Waals surface area (Å²) in [5, 5.41) is 0. The molecule has 2 rings (SSSR count). The van der Waals surface area contributed by atoms with Crippen molar-refractivity contribution in [2.24, 2.45) is 0 Å². The molecule has 0 spiro atoms. The van der Waals surface area contributed by atoms with Crippen molar-refractivity contribution in [3.05, 3.63) is 35.9 Å². The normalized spacial score (nSPS) is 14.9. The first-order valence-corrected chi connectivity index (χ1v) is 9.57. The number of carbonyl (C=O) groups excluding carboxylic acids is 2. The third kappa shape index (κ3) is 5.48. The Morgan fingerprint density at radius 1 is 1.14 bits per heavy atom. The maximum Gasteiger partial charge on any atom is 0.320 e. The molecular formula is C21H30N2O5. The lowest BCUT2D eigenvalue weighted by Crippen LogP contribution is -2.37. The molecule has 154 valence electrons. The largest absolute Gasteiger partial charge is 0.493 e. The molecule has 1 aromatic carbocycles. The zero-order valence-electron chi connectivity index (χ0n) is 17.0. The minimum atomic E-state index is -0.226. The number of esters is 1. The van der Waals surface area contributed by atoms with Crippen LogP contribution in [-0.4, -0.2) is 75.2 Å². The first kappa shape index (κ1) is 21.8. The zero-order valence-corrected chi connectivity index (χ0v) is 17.0. The number of methoxy groups -OCH3 is 2. The molecular weight excluding hydrogens is 360 g/mol. The molecule has 28 heavy (non-hydrogen) atoms. The average Bonchev–Trinajstić information content (AvgIpc) is 2.92. The van der Waals surface area contributed by atoms with E-state index in [0.717, 1.165) is 18.5 Å². The molecule has 0 saturated carbocycles. The average molecular weight is 390 g/mol. The van der Waals surface area contributed by atoms with E-state index in [-0.39, 0.29) is 18.4 Å². The van der Waals surface area contributed by atoms with Crippen molar-refractivity contribution >= 4 is 11.9 Å². The summed E-state index contributed by atoms with van der Waals surface area (Å²) in [7, 11) is 3.14. The Hall–Kier alpha value is -2.54. The van der Waals surface area contributed by atoms with Crippen LogP contribution in [0.3, 0.4) is 0 Å². The van der Waals surface area contributed by atoms with Crippen molar-refractivity contribution in [3.63, 3.8) is 0 Å². The number of carbonyl (C=O) groups is 2. The summed E-state index contributed by atoms with van der Waals surface area (Å²) in [5.41, 5.74) is 1.42. The number of amides is 1.